The molecule has 2 aromatic heterocycles. The summed E-state index contributed by atoms with van der Waals surface area (Å²) in [5, 5.41) is 12.6. The molecule has 4 nitrogen and oxygen atoms in total. The Morgan fingerprint density at radius 3 is 2.80 bits per heavy atom. The van der Waals surface area contributed by atoms with Crippen molar-refractivity contribution in [3.05, 3.63) is 40.4 Å². The molecule has 0 saturated heterocycles. The molecule has 1 unspecified atom stereocenters. The number of hydrogen-bond donors (Lipinski definition) is 1. The SMILES string of the molecule is Cc1cnc(C(O)Cc2nccs2)cn1. The highest BCUT2D eigenvalue weighted by Crippen LogP contribution is 2.16. The first kappa shape index (κ1) is 10.2. The number of thiazole rings is 1. The first-order chi connectivity index (χ1) is 7.25. The zero-order valence-corrected chi connectivity index (χ0v) is 9.11. The summed E-state index contributed by atoms with van der Waals surface area (Å²) in [5.41, 5.74) is 1.44. The zero-order chi connectivity index (χ0) is 10.7. The summed E-state index contributed by atoms with van der Waals surface area (Å²) in [6.45, 7) is 1.87. The van der Waals surface area contributed by atoms with Crippen LogP contribution >= 0.6 is 11.3 Å². The molecule has 0 radical (unpaired) electrons. The van der Waals surface area contributed by atoms with Gasteiger partial charge in [0.15, 0.2) is 0 Å². The molecule has 2 aromatic rings. The highest BCUT2D eigenvalue weighted by molar-refractivity contribution is 7.09. The fourth-order valence-corrected chi connectivity index (χ4v) is 1.85. The molecule has 5 heteroatoms. The lowest BCUT2D eigenvalue weighted by atomic mass is 10.2. The highest BCUT2D eigenvalue weighted by atomic mass is 32.1. The quantitative estimate of drug-likeness (QED) is 0.853. The predicted molar refractivity (Wildman–Crippen MR) is 57.5 cm³/mol. The van der Waals surface area contributed by atoms with Crippen molar-refractivity contribution in [3.63, 3.8) is 0 Å². The van der Waals surface area contributed by atoms with Crippen LogP contribution in [0, 0.1) is 6.92 Å². The van der Waals surface area contributed by atoms with E-state index in [2.05, 4.69) is 15.0 Å². The standard InChI is InChI=1S/C10H11N3OS/c1-7-5-13-8(6-12-7)9(14)4-10-11-2-3-15-10/h2-3,5-6,9,14H,4H2,1H3. The summed E-state index contributed by atoms with van der Waals surface area (Å²) in [5.74, 6) is 0. The van der Waals surface area contributed by atoms with Crippen molar-refractivity contribution in [1.29, 1.82) is 0 Å². The summed E-state index contributed by atoms with van der Waals surface area (Å²) >= 11 is 1.53. The van der Waals surface area contributed by atoms with E-state index in [1.807, 2.05) is 12.3 Å². The van der Waals surface area contributed by atoms with Gasteiger partial charge in [0, 0.05) is 24.2 Å². The van der Waals surface area contributed by atoms with Crippen LogP contribution in [0.1, 0.15) is 22.5 Å². The first-order valence-corrected chi connectivity index (χ1v) is 5.48. The molecule has 2 rings (SSSR count). The predicted octanol–water partition coefficient (Wildman–Crippen LogP) is 1.52. The Morgan fingerprint density at radius 2 is 2.20 bits per heavy atom. The van der Waals surface area contributed by atoms with Gasteiger partial charge in [0.2, 0.25) is 0 Å². The molecule has 0 amide bonds. The molecule has 0 aliphatic carbocycles. The van der Waals surface area contributed by atoms with Gasteiger partial charge >= 0.3 is 0 Å². The average molecular weight is 221 g/mol. The van der Waals surface area contributed by atoms with Crippen LogP contribution in [-0.2, 0) is 6.42 Å². The summed E-state index contributed by atoms with van der Waals surface area (Å²) < 4.78 is 0. The van der Waals surface area contributed by atoms with Gasteiger partial charge in [0.05, 0.1) is 22.6 Å². The van der Waals surface area contributed by atoms with Crippen LogP contribution in [0.15, 0.2) is 24.0 Å². The second-order valence-corrected chi connectivity index (χ2v) is 4.21. The van der Waals surface area contributed by atoms with E-state index in [9.17, 15) is 5.11 Å². The Morgan fingerprint density at radius 1 is 1.33 bits per heavy atom. The van der Waals surface area contributed by atoms with Crippen molar-refractivity contribution < 1.29 is 5.11 Å². The molecule has 0 aromatic carbocycles. The molecule has 2 heterocycles. The average Bonchev–Trinajstić information content (AvgIpc) is 2.71. The molecule has 0 fully saturated rings. The number of hydrogen-bond acceptors (Lipinski definition) is 5. The van der Waals surface area contributed by atoms with E-state index in [-0.39, 0.29) is 0 Å². The molecule has 15 heavy (non-hydrogen) atoms. The van der Waals surface area contributed by atoms with Crippen molar-refractivity contribution in [3.8, 4) is 0 Å². The maximum absolute atomic E-state index is 9.85. The Bertz CT molecular complexity index is 413. The monoisotopic (exact) mass is 221 g/mol. The van der Waals surface area contributed by atoms with Crippen LogP contribution in [0.3, 0.4) is 0 Å². The third kappa shape index (κ3) is 2.57. The van der Waals surface area contributed by atoms with Crippen LogP contribution in [-0.4, -0.2) is 20.1 Å². The molecular formula is C10H11N3OS. The molecule has 1 atom stereocenters. The van der Waals surface area contributed by atoms with E-state index in [1.165, 1.54) is 11.3 Å². The van der Waals surface area contributed by atoms with Crippen LogP contribution in [0.25, 0.3) is 0 Å². The van der Waals surface area contributed by atoms with Crippen LogP contribution in [0.5, 0.6) is 0 Å². The van der Waals surface area contributed by atoms with E-state index < -0.39 is 6.10 Å². The third-order valence-corrected chi connectivity index (χ3v) is 2.80. The molecule has 1 N–H and O–H groups in total. The Kier molecular flexibility index (Phi) is 3.03. The molecule has 0 saturated carbocycles. The lowest BCUT2D eigenvalue weighted by Gasteiger charge is -2.07. The van der Waals surface area contributed by atoms with Crippen LogP contribution in [0.4, 0.5) is 0 Å². The van der Waals surface area contributed by atoms with E-state index in [0.29, 0.717) is 12.1 Å². The number of aryl methyl sites for hydroxylation is 1. The Balaban J connectivity index is 2.08. The summed E-state index contributed by atoms with van der Waals surface area (Å²) in [6, 6.07) is 0. The fraction of sp³-hybridized carbons (Fsp3) is 0.300. The van der Waals surface area contributed by atoms with Crippen molar-refractivity contribution in [1.82, 2.24) is 15.0 Å². The Labute approximate surface area is 91.7 Å². The van der Waals surface area contributed by atoms with Crippen LogP contribution < -0.4 is 0 Å². The highest BCUT2D eigenvalue weighted by Gasteiger charge is 2.11. The first-order valence-electron chi connectivity index (χ1n) is 4.60. The fourth-order valence-electron chi connectivity index (χ4n) is 1.20. The molecule has 78 valence electrons. The van der Waals surface area contributed by atoms with E-state index >= 15 is 0 Å². The summed E-state index contributed by atoms with van der Waals surface area (Å²) in [7, 11) is 0. The Hall–Kier alpha value is -1.33. The van der Waals surface area contributed by atoms with Gasteiger partial charge in [0.25, 0.3) is 0 Å². The van der Waals surface area contributed by atoms with Gasteiger partial charge in [-0.15, -0.1) is 11.3 Å². The van der Waals surface area contributed by atoms with Gasteiger partial charge in [-0.3, -0.25) is 9.97 Å². The second-order valence-electron chi connectivity index (χ2n) is 3.23. The lowest BCUT2D eigenvalue weighted by Crippen LogP contribution is -2.04. The molecule has 0 spiro atoms. The zero-order valence-electron chi connectivity index (χ0n) is 8.29. The summed E-state index contributed by atoms with van der Waals surface area (Å²) in [6.07, 6.45) is 4.86. The lowest BCUT2D eigenvalue weighted by molar-refractivity contribution is 0.173. The third-order valence-electron chi connectivity index (χ3n) is 1.99. The minimum Gasteiger partial charge on any atom is -0.386 e. The molecule has 0 aliphatic heterocycles. The second kappa shape index (κ2) is 4.46. The molecule has 0 aliphatic rings. The van der Waals surface area contributed by atoms with Gasteiger partial charge < -0.3 is 5.11 Å². The van der Waals surface area contributed by atoms with Crippen LogP contribution in [0.2, 0.25) is 0 Å². The number of aromatic nitrogens is 3. The van der Waals surface area contributed by atoms with Crippen molar-refractivity contribution in [2.75, 3.05) is 0 Å². The normalized spacial score (nSPS) is 12.7. The maximum atomic E-state index is 9.85. The van der Waals surface area contributed by atoms with Gasteiger partial charge in [0.1, 0.15) is 6.10 Å². The van der Waals surface area contributed by atoms with Gasteiger partial charge in [-0.2, -0.15) is 0 Å². The van der Waals surface area contributed by atoms with Crippen molar-refractivity contribution >= 4 is 11.3 Å². The van der Waals surface area contributed by atoms with Gasteiger partial charge in [-0.25, -0.2) is 4.98 Å². The van der Waals surface area contributed by atoms with E-state index in [1.54, 1.807) is 18.6 Å². The summed E-state index contributed by atoms with van der Waals surface area (Å²) in [4.78, 5) is 12.3. The van der Waals surface area contributed by atoms with E-state index in [0.717, 1.165) is 10.7 Å². The number of rotatable bonds is 3. The maximum Gasteiger partial charge on any atom is 0.104 e. The number of aliphatic hydroxyl groups excluding tert-OH is 1. The minimum absolute atomic E-state index is 0.495. The smallest absolute Gasteiger partial charge is 0.104 e. The van der Waals surface area contributed by atoms with Crippen molar-refractivity contribution in [2.24, 2.45) is 0 Å². The molecular weight excluding hydrogens is 210 g/mol. The van der Waals surface area contributed by atoms with Gasteiger partial charge in [-0.1, -0.05) is 0 Å². The number of aliphatic hydroxyl groups is 1. The van der Waals surface area contributed by atoms with Crippen molar-refractivity contribution in [2.45, 2.75) is 19.4 Å². The minimum atomic E-state index is -0.621. The topological polar surface area (TPSA) is 58.9 Å². The largest absolute Gasteiger partial charge is 0.386 e. The molecule has 0 bridgehead atoms. The number of nitrogens with zero attached hydrogens (tertiary/aromatic N) is 3. The van der Waals surface area contributed by atoms with E-state index in [4.69, 9.17) is 0 Å². The van der Waals surface area contributed by atoms with Gasteiger partial charge in [-0.05, 0) is 6.92 Å².